The van der Waals surface area contributed by atoms with Gasteiger partial charge in [0.25, 0.3) is 5.91 Å². The molecule has 3 heterocycles. The Kier molecular flexibility index (Phi) is 4.16. The number of carbonyl (C=O) groups is 1. The van der Waals surface area contributed by atoms with Crippen molar-refractivity contribution >= 4 is 63.6 Å². The normalized spacial score (nSPS) is 16.4. The summed E-state index contributed by atoms with van der Waals surface area (Å²) in [5.74, 6) is -0.230. The minimum absolute atomic E-state index is 0.196. The Morgan fingerprint density at radius 3 is 2.78 bits per heavy atom. The highest BCUT2D eigenvalue weighted by molar-refractivity contribution is 8.27. The molecule has 0 aliphatic carbocycles. The van der Waals surface area contributed by atoms with Gasteiger partial charge in [0, 0.05) is 12.3 Å². The zero-order valence-corrected chi connectivity index (χ0v) is 13.5. The fraction of sp³-hybridized carbons (Fsp3) is 0. The summed E-state index contributed by atoms with van der Waals surface area (Å²) in [6, 6.07) is 5.80. The van der Waals surface area contributed by atoms with Crippen LogP contribution in [0.1, 0.15) is 5.76 Å². The lowest BCUT2D eigenvalue weighted by atomic mass is 10.3. The molecular weight excluding hydrogens is 362 g/mol. The number of thiocarbonyl (C=S) groups is 1. The van der Waals surface area contributed by atoms with Crippen LogP contribution in [0.5, 0.6) is 0 Å². The molecule has 0 radical (unpaired) electrons. The van der Waals surface area contributed by atoms with E-state index in [2.05, 4.69) is 4.98 Å². The lowest BCUT2D eigenvalue weighted by Crippen LogP contribution is -2.28. The van der Waals surface area contributed by atoms with E-state index in [9.17, 15) is 14.9 Å². The molecule has 2 aromatic rings. The summed E-state index contributed by atoms with van der Waals surface area (Å²) in [5, 5.41) is 11.0. The van der Waals surface area contributed by atoms with Crippen molar-refractivity contribution in [1.82, 2.24) is 4.98 Å². The third-order valence-corrected chi connectivity index (χ3v) is 4.33. The van der Waals surface area contributed by atoms with E-state index in [0.717, 1.165) is 11.8 Å². The SMILES string of the molecule is O=C1/C(=C/c2ccc([N+](=O)[O-])o2)SC(=S)N1c1ccc(Cl)cn1. The van der Waals surface area contributed by atoms with E-state index in [0.29, 0.717) is 15.2 Å². The van der Waals surface area contributed by atoms with Crippen molar-refractivity contribution in [3.63, 3.8) is 0 Å². The molecule has 1 saturated heterocycles. The van der Waals surface area contributed by atoms with Crippen molar-refractivity contribution < 1.29 is 14.1 Å². The van der Waals surface area contributed by atoms with Crippen molar-refractivity contribution in [2.24, 2.45) is 0 Å². The van der Waals surface area contributed by atoms with E-state index in [4.69, 9.17) is 28.2 Å². The van der Waals surface area contributed by atoms with Crippen LogP contribution in [0.3, 0.4) is 0 Å². The van der Waals surface area contributed by atoms with Gasteiger partial charge in [-0.05, 0) is 18.2 Å². The number of rotatable bonds is 3. The number of nitrogens with zero attached hydrogens (tertiary/aromatic N) is 3. The molecule has 23 heavy (non-hydrogen) atoms. The van der Waals surface area contributed by atoms with Crippen LogP contribution < -0.4 is 4.90 Å². The highest BCUT2D eigenvalue weighted by atomic mass is 35.5. The van der Waals surface area contributed by atoms with Gasteiger partial charge in [-0.1, -0.05) is 35.6 Å². The molecule has 10 heteroatoms. The molecule has 1 amide bonds. The van der Waals surface area contributed by atoms with Crippen molar-refractivity contribution in [3.05, 3.63) is 56.3 Å². The maximum Gasteiger partial charge on any atom is 0.433 e. The zero-order chi connectivity index (χ0) is 16.6. The predicted octanol–water partition coefficient (Wildman–Crippen LogP) is 3.64. The number of amides is 1. The van der Waals surface area contributed by atoms with E-state index in [1.54, 1.807) is 12.1 Å². The molecule has 2 aromatic heterocycles. The average molecular weight is 368 g/mol. The van der Waals surface area contributed by atoms with Crippen molar-refractivity contribution in [2.45, 2.75) is 0 Å². The fourth-order valence-corrected chi connectivity index (χ4v) is 3.18. The maximum absolute atomic E-state index is 12.4. The summed E-state index contributed by atoms with van der Waals surface area (Å²) >= 11 is 12.0. The van der Waals surface area contributed by atoms with Crippen LogP contribution in [0.4, 0.5) is 11.7 Å². The second-order valence-electron chi connectivity index (χ2n) is 4.28. The molecule has 0 N–H and O–H groups in total. The third kappa shape index (κ3) is 3.11. The first kappa shape index (κ1) is 15.7. The number of anilines is 1. The van der Waals surface area contributed by atoms with E-state index in [1.807, 2.05) is 0 Å². The number of thioether (sulfide) groups is 1. The number of hydrogen-bond acceptors (Lipinski definition) is 7. The Labute approximate surface area is 144 Å². The first-order valence-electron chi connectivity index (χ1n) is 6.09. The monoisotopic (exact) mass is 367 g/mol. The minimum Gasteiger partial charge on any atom is -0.401 e. The second-order valence-corrected chi connectivity index (χ2v) is 6.40. The number of nitro groups is 1. The van der Waals surface area contributed by atoms with E-state index in [-0.39, 0.29) is 16.6 Å². The van der Waals surface area contributed by atoms with Gasteiger partial charge in [0.15, 0.2) is 4.32 Å². The Hall–Kier alpha value is -2.23. The average Bonchev–Trinajstić information content (AvgIpc) is 3.07. The van der Waals surface area contributed by atoms with Crippen molar-refractivity contribution in [3.8, 4) is 0 Å². The molecule has 1 aliphatic rings. The summed E-state index contributed by atoms with van der Waals surface area (Å²) in [7, 11) is 0. The van der Waals surface area contributed by atoms with Gasteiger partial charge in [-0.15, -0.1) is 0 Å². The van der Waals surface area contributed by atoms with Gasteiger partial charge in [-0.3, -0.25) is 14.9 Å². The molecular formula is C13H6ClN3O4S2. The van der Waals surface area contributed by atoms with E-state index in [1.165, 1.54) is 29.3 Å². The largest absolute Gasteiger partial charge is 0.433 e. The Morgan fingerprint density at radius 1 is 1.39 bits per heavy atom. The lowest BCUT2D eigenvalue weighted by molar-refractivity contribution is -0.402. The fourth-order valence-electron chi connectivity index (χ4n) is 1.81. The summed E-state index contributed by atoms with van der Waals surface area (Å²) in [5.41, 5.74) is 0. The summed E-state index contributed by atoms with van der Waals surface area (Å²) in [6.07, 6.45) is 2.82. The minimum atomic E-state index is -0.653. The molecule has 0 spiro atoms. The number of aromatic nitrogens is 1. The Morgan fingerprint density at radius 2 is 2.17 bits per heavy atom. The molecule has 1 aliphatic heterocycles. The topological polar surface area (TPSA) is 89.5 Å². The van der Waals surface area contributed by atoms with Crippen molar-refractivity contribution in [1.29, 1.82) is 0 Å². The van der Waals surface area contributed by atoms with Crippen LogP contribution in [0.2, 0.25) is 5.02 Å². The molecule has 1 fully saturated rings. The molecule has 116 valence electrons. The van der Waals surface area contributed by atoms with Gasteiger partial charge >= 0.3 is 5.88 Å². The summed E-state index contributed by atoms with van der Waals surface area (Å²) in [4.78, 5) is 28.0. The van der Waals surface area contributed by atoms with Gasteiger partial charge < -0.3 is 4.42 Å². The molecule has 7 nitrogen and oxygen atoms in total. The van der Waals surface area contributed by atoms with Gasteiger partial charge in [0.1, 0.15) is 16.5 Å². The number of hydrogen-bond donors (Lipinski definition) is 0. The van der Waals surface area contributed by atoms with E-state index >= 15 is 0 Å². The second kappa shape index (κ2) is 6.11. The summed E-state index contributed by atoms with van der Waals surface area (Å²) < 4.78 is 5.31. The van der Waals surface area contributed by atoms with Crippen LogP contribution in [0, 0.1) is 10.1 Å². The van der Waals surface area contributed by atoms with Crippen LogP contribution >= 0.6 is 35.6 Å². The molecule has 0 saturated carbocycles. The Balaban J connectivity index is 1.89. The van der Waals surface area contributed by atoms with Crippen molar-refractivity contribution in [2.75, 3.05) is 4.90 Å². The van der Waals surface area contributed by atoms with Gasteiger partial charge in [-0.25, -0.2) is 9.88 Å². The highest BCUT2D eigenvalue weighted by Crippen LogP contribution is 2.35. The van der Waals surface area contributed by atoms with Crippen LogP contribution in [0.15, 0.2) is 39.8 Å². The molecule has 0 unspecified atom stereocenters. The molecule has 0 aromatic carbocycles. The summed E-state index contributed by atoms with van der Waals surface area (Å²) in [6.45, 7) is 0. The number of carbonyl (C=O) groups excluding carboxylic acids is 1. The predicted molar refractivity (Wildman–Crippen MR) is 90.3 cm³/mol. The van der Waals surface area contributed by atoms with Gasteiger partial charge in [0.05, 0.1) is 16.0 Å². The standard InChI is InChI=1S/C13H6ClN3O4S2/c14-7-1-3-10(15-6-7)16-12(18)9(23-13(16)22)5-8-2-4-11(21-8)17(19)20/h1-6H/b9-5-. The van der Waals surface area contributed by atoms with Crippen LogP contribution in [-0.4, -0.2) is 20.1 Å². The van der Waals surface area contributed by atoms with E-state index < -0.39 is 10.8 Å². The van der Waals surface area contributed by atoms with Gasteiger partial charge in [-0.2, -0.15) is 0 Å². The quantitative estimate of drug-likeness (QED) is 0.354. The van der Waals surface area contributed by atoms with Gasteiger partial charge in [0.2, 0.25) is 0 Å². The molecule has 0 bridgehead atoms. The lowest BCUT2D eigenvalue weighted by Gasteiger charge is -2.12. The molecule has 3 rings (SSSR count). The highest BCUT2D eigenvalue weighted by Gasteiger charge is 2.34. The molecule has 0 atom stereocenters. The van der Waals surface area contributed by atoms with Crippen LogP contribution in [-0.2, 0) is 4.79 Å². The number of furan rings is 1. The number of halogens is 1. The maximum atomic E-state index is 12.4. The zero-order valence-electron chi connectivity index (χ0n) is 11.1. The Bertz CT molecular complexity index is 847. The first-order valence-corrected chi connectivity index (χ1v) is 7.70. The number of pyridine rings is 1. The smallest absolute Gasteiger partial charge is 0.401 e. The van der Waals surface area contributed by atoms with Crippen LogP contribution in [0.25, 0.3) is 6.08 Å². The third-order valence-electron chi connectivity index (χ3n) is 2.80. The first-order chi connectivity index (χ1) is 11.0.